The number of benzene rings is 2. The Hall–Kier alpha value is -2.19. The molecule has 0 saturated heterocycles. The molecule has 0 saturated carbocycles. The number of carbonyl (C=O) groups excluding carboxylic acids is 1. The van der Waals surface area contributed by atoms with E-state index in [1.807, 2.05) is 42.5 Å². The standard InChI is InChI=1S/C16H10ClNO/c17-14-7-5-12(9-13(14)10-19)16-8-6-11-3-1-2-4-15(11)18-16/h1-10H. The van der Waals surface area contributed by atoms with Crippen molar-refractivity contribution in [2.45, 2.75) is 0 Å². The number of aromatic nitrogens is 1. The van der Waals surface area contributed by atoms with Gasteiger partial charge in [0.2, 0.25) is 0 Å². The van der Waals surface area contributed by atoms with E-state index >= 15 is 0 Å². The molecule has 0 unspecified atom stereocenters. The fourth-order valence-electron chi connectivity index (χ4n) is 2.02. The minimum Gasteiger partial charge on any atom is -0.298 e. The van der Waals surface area contributed by atoms with Crippen molar-refractivity contribution < 1.29 is 4.79 Å². The van der Waals surface area contributed by atoms with Crippen molar-refractivity contribution in [2.75, 3.05) is 0 Å². The molecule has 0 fully saturated rings. The van der Waals surface area contributed by atoms with Crippen LogP contribution in [0.1, 0.15) is 10.4 Å². The van der Waals surface area contributed by atoms with Crippen molar-refractivity contribution in [3.05, 3.63) is 65.2 Å². The molecule has 3 rings (SSSR count). The van der Waals surface area contributed by atoms with E-state index in [1.165, 1.54) is 0 Å². The summed E-state index contributed by atoms with van der Waals surface area (Å²) >= 11 is 5.93. The Bertz CT molecular complexity index is 768. The van der Waals surface area contributed by atoms with Crippen molar-refractivity contribution in [3.8, 4) is 11.3 Å². The zero-order valence-corrected chi connectivity index (χ0v) is 10.8. The molecule has 2 nitrogen and oxygen atoms in total. The highest BCUT2D eigenvalue weighted by molar-refractivity contribution is 6.33. The zero-order valence-electron chi connectivity index (χ0n) is 10.0. The highest BCUT2D eigenvalue weighted by atomic mass is 35.5. The van der Waals surface area contributed by atoms with E-state index in [4.69, 9.17) is 11.6 Å². The SMILES string of the molecule is O=Cc1cc(-c2ccc3ccccc3n2)ccc1Cl. The maximum Gasteiger partial charge on any atom is 0.151 e. The van der Waals surface area contributed by atoms with Gasteiger partial charge in [-0.25, -0.2) is 4.98 Å². The van der Waals surface area contributed by atoms with E-state index in [-0.39, 0.29) is 0 Å². The van der Waals surface area contributed by atoms with E-state index in [2.05, 4.69) is 4.98 Å². The molecule has 1 aromatic heterocycles. The summed E-state index contributed by atoms with van der Waals surface area (Å²) < 4.78 is 0. The molecule has 0 atom stereocenters. The monoisotopic (exact) mass is 267 g/mol. The number of fused-ring (bicyclic) bond motifs is 1. The predicted molar refractivity (Wildman–Crippen MR) is 77.6 cm³/mol. The molecule has 3 heteroatoms. The second kappa shape index (κ2) is 4.82. The number of nitrogens with zero attached hydrogens (tertiary/aromatic N) is 1. The van der Waals surface area contributed by atoms with Gasteiger partial charge < -0.3 is 0 Å². The van der Waals surface area contributed by atoms with E-state index < -0.39 is 0 Å². The molecule has 3 aromatic rings. The molecule has 19 heavy (non-hydrogen) atoms. The highest BCUT2D eigenvalue weighted by Gasteiger charge is 2.05. The molecule has 0 aliphatic carbocycles. The third-order valence-electron chi connectivity index (χ3n) is 3.02. The molecule has 0 spiro atoms. The first kappa shape index (κ1) is 11.9. The Morgan fingerprint density at radius 2 is 1.84 bits per heavy atom. The largest absolute Gasteiger partial charge is 0.298 e. The predicted octanol–water partition coefficient (Wildman–Crippen LogP) is 4.37. The van der Waals surface area contributed by atoms with Crippen LogP contribution in [-0.2, 0) is 0 Å². The number of halogens is 1. The molecule has 0 aliphatic heterocycles. The maximum absolute atomic E-state index is 10.9. The minimum absolute atomic E-state index is 0.458. The summed E-state index contributed by atoms with van der Waals surface area (Å²) in [5.41, 5.74) is 3.13. The fraction of sp³-hybridized carbons (Fsp3) is 0. The number of aldehydes is 1. The van der Waals surface area contributed by atoms with Gasteiger partial charge in [0, 0.05) is 16.5 Å². The van der Waals surface area contributed by atoms with Gasteiger partial charge in [0.15, 0.2) is 6.29 Å². The van der Waals surface area contributed by atoms with Gasteiger partial charge in [0.05, 0.1) is 16.2 Å². The Morgan fingerprint density at radius 3 is 2.68 bits per heavy atom. The van der Waals surface area contributed by atoms with E-state index in [1.54, 1.807) is 12.1 Å². The van der Waals surface area contributed by atoms with E-state index in [0.717, 1.165) is 28.4 Å². The van der Waals surface area contributed by atoms with E-state index in [0.29, 0.717) is 10.6 Å². The number of para-hydroxylation sites is 1. The number of rotatable bonds is 2. The number of carbonyl (C=O) groups is 1. The van der Waals surface area contributed by atoms with Crippen LogP contribution >= 0.6 is 11.6 Å². The van der Waals surface area contributed by atoms with Gasteiger partial charge in [-0.2, -0.15) is 0 Å². The Labute approximate surface area is 115 Å². The van der Waals surface area contributed by atoms with Crippen molar-refractivity contribution in [3.63, 3.8) is 0 Å². The molecule has 0 aliphatic rings. The van der Waals surface area contributed by atoms with Gasteiger partial charge in [0.25, 0.3) is 0 Å². The van der Waals surface area contributed by atoms with Gasteiger partial charge >= 0.3 is 0 Å². The topological polar surface area (TPSA) is 30.0 Å². The summed E-state index contributed by atoms with van der Waals surface area (Å²) in [7, 11) is 0. The Morgan fingerprint density at radius 1 is 1.00 bits per heavy atom. The molecule has 2 aromatic carbocycles. The number of pyridine rings is 1. The quantitative estimate of drug-likeness (QED) is 0.646. The van der Waals surface area contributed by atoms with Crippen LogP contribution in [0.15, 0.2) is 54.6 Å². The zero-order chi connectivity index (χ0) is 13.2. The smallest absolute Gasteiger partial charge is 0.151 e. The summed E-state index contributed by atoms with van der Waals surface area (Å²) in [6.07, 6.45) is 0.757. The molecule has 92 valence electrons. The third-order valence-corrected chi connectivity index (χ3v) is 3.36. The first-order valence-corrected chi connectivity index (χ1v) is 6.26. The van der Waals surface area contributed by atoms with Gasteiger partial charge in [-0.1, -0.05) is 41.9 Å². The lowest BCUT2D eigenvalue weighted by molar-refractivity contribution is 0.112. The molecule has 0 N–H and O–H groups in total. The van der Waals surface area contributed by atoms with Crippen molar-refractivity contribution >= 4 is 28.8 Å². The van der Waals surface area contributed by atoms with Crippen LogP contribution in [0.5, 0.6) is 0 Å². The first-order valence-electron chi connectivity index (χ1n) is 5.89. The molecule has 0 radical (unpaired) electrons. The summed E-state index contributed by atoms with van der Waals surface area (Å²) in [5, 5.41) is 1.55. The van der Waals surface area contributed by atoms with E-state index in [9.17, 15) is 4.79 Å². The van der Waals surface area contributed by atoms with Crippen LogP contribution in [-0.4, -0.2) is 11.3 Å². The van der Waals surface area contributed by atoms with Gasteiger partial charge in [0.1, 0.15) is 0 Å². The van der Waals surface area contributed by atoms with Crippen LogP contribution in [0.2, 0.25) is 5.02 Å². The van der Waals surface area contributed by atoms with Gasteiger partial charge in [-0.3, -0.25) is 4.79 Å². The molecule has 1 heterocycles. The highest BCUT2D eigenvalue weighted by Crippen LogP contribution is 2.24. The van der Waals surface area contributed by atoms with Gasteiger partial charge in [-0.15, -0.1) is 0 Å². The van der Waals surface area contributed by atoms with Crippen LogP contribution in [0, 0.1) is 0 Å². The second-order valence-corrected chi connectivity index (χ2v) is 4.65. The summed E-state index contributed by atoms with van der Waals surface area (Å²) in [4.78, 5) is 15.5. The summed E-state index contributed by atoms with van der Waals surface area (Å²) in [6.45, 7) is 0. The number of hydrogen-bond donors (Lipinski definition) is 0. The van der Waals surface area contributed by atoms with Crippen molar-refractivity contribution in [1.29, 1.82) is 0 Å². The van der Waals surface area contributed by atoms with Crippen molar-refractivity contribution in [2.24, 2.45) is 0 Å². The second-order valence-electron chi connectivity index (χ2n) is 4.24. The van der Waals surface area contributed by atoms with Crippen LogP contribution < -0.4 is 0 Å². The Kier molecular flexibility index (Phi) is 3.02. The molecular weight excluding hydrogens is 258 g/mol. The lowest BCUT2D eigenvalue weighted by atomic mass is 10.1. The normalized spacial score (nSPS) is 10.6. The summed E-state index contributed by atoms with van der Waals surface area (Å²) in [5.74, 6) is 0. The average molecular weight is 268 g/mol. The lowest BCUT2D eigenvalue weighted by Crippen LogP contribution is -1.88. The van der Waals surface area contributed by atoms with Crippen LogP contribution in [0.25, 0.3) is 22.2 Å². The number of hydrogen-bond acceptors (Lipinski definition) is 2. The van der Waals surface area contributed by atoms with Crippen LogP contribution in [0.4, 0.5) is 0 Å². The van der Waals surface area contributed by atoms with Gasteiger partial charge in [-0.05, 0) is 24.3 Å². The van der Waals surface area contributed by atoms with Crippen molar-refractivity contribution in [1.82, 2.24) is 4.98 Å². The third kappa shape index (κ3) is 2.23. The Balaban J connectivity index is 2.16. The fourth-order valence-corrected chi connectivity index (χ4v) is 2.18. The first-order chi connectivity index (χ1) is 9.28. The minimum atomic E-state index is 0.458. The van der Waals surface area contributed by atoms with Crippen LogP contribution in [0.3, 0.4) is 0 Å². The average Bonchev–Trinajstić information content (AvgIpc) is 2.47. The molecule has 0 bridgehead atoms. The maximum atomic E-state index is 10.9. The summed E-state index contributed by atoms with van der Waals surface area (Å²) in [6, 6.07) is 17.2. The molecule has 0 amide bonds. The lowest BCUT2D eigenvalue weighted by Gasteiger charge is -2.05. The molecular formula is C16H10ClNO.